The molecule has 0 aliphatic carbocycles. The molecule has 1 N–H and O–H groups in total. The summed E-state index contributed by atoms with van der Waals surface area (Å²) in [6.07, 6.45) is 0.778. The number of nitro benzene ring substituents is 1. The van der Waals surface area contributed by atoms with Crippen LogP contribution < -0.4 is 10.2 Å². The maximum Gasteiger partial charge on any atom is 0.293 e. The minimum Gasteiger partial charge on any atom is -0.379 e. The van der Waals surface area contributed by atoms with Crippen molar-refractivity contribution in [2.24, 2.45) is 0 Å². The Kier molecular flexibility index (Phi) is 8.06. The van der Waals surface area contributed by atoms with Crippen molar-refractivity contribution in [1.29, 1.82) is 0 Å². The zero-order valence-electron chi connectivity index (χ0n) is 17.7. The molecule has 2 aromatic rings. The van der Waals surface area contributed by atoms with E-state index in [1.165, 1.54) is 18.2 Å². The molecule has 0 heterocycles. The third kappa shape index (κ3) is 5.87. The molecule has 0 unspecified atom stereocenters. The van der Waals surface area contributed by atoms with Crippen LogP contribution in [0, 0.1) is 10.1 Å². The van der Waals surface area contributed by atoms with Crippen molar-refractivity contribution < 1.29 is 19.2 Å². The number of hydrogen-bond acceptors (Lipinski definition) is 6. The zero-order chi connectivity index (χ0) is 22.3. The quantitative estimate of drug-likeness (QED) is 0.277. The maximum absolute atomic E-state index is 13.0. The number of rotatable bonds is 10. The summed E-state index contributed by atoms with van der Waals surface area (Å²) in [5.74, 6) is -0.819. The first-order valence-electron chi connectivity index (χ1n) is 9.71. The van der Waals surface area contributed by atoms with E-state index in [0.717, 1.165) is 0 Å². The van der Waals surface area contributed by atoms with E-state index in [0.29, 0.717) is 25.3 Å². The topological polar surface area (TPSA) is 102 Å². The molecule has 8 nitrogen and oxygen atoms in total. The molecule has 0 saturated heterocycles. The lowest BCUT2D eigenvalue weighted by atomic mass is 9.97. The average Bonchev–Trinajstić information content (AvgIpc) is 2.72. The van der Waals surface area contributed by atoms with E-state index in [1.807, 2.05) is 13.8 Å². The Balaban J connectivity index is 2.22. The van der Waals surface area contributed by atoms with E-state index in [1.54, 1.807) is 43.3 Å². The van der Waals surface area contributed by atoms with E-state index in [4.69, 9.17) is 4.74 Å². The number of nitrogens with one attached hydrogen (secondary N) is 1. The number of carbonyl (C=O) groups excluding carboxylic acids is 2. The van der Waals surface area contributed by atoms with Crippen LogP contribution in [-0.4, -0.2) is 50.0 Å². The van der Waals surface area contributed by atoms with Gasteiger partial charge in [0.1, 0.15) is 5.69 Å². The van der Waals surface area contributed by atoms with Crippen LogP contribution in [0.25, 0.3) is 0 Å². The lowest BCUT2D eigenvalue weighted by molar-refractivity contribution is -0.384. The summed E-state index contributed by atoms with van der Waals surface area (Å²) in [6, 6.07) is 10.7. The lowest BCUT2D eigenvalue weighted by Crippen LogP contribution is -2.27. The van der Waals surface area contributed by atoms with E-state index in [-0.39, 0.29) is 34.4 Å². The number of carbonyl (C=O) groups is 2. The molecule has 0 spiro atoms. The Morgan fingerprint density at radius 3 is 2.40 bits per heavy atom. The van der Waals surface area contributed by atoms with E-state index in [9.17, 15) is 19.7 Å². The van der Waals surface area contributed by atoms with Gasteiger partial charge in [-0.15, -0.1) is 0 Å². The van der Waals surface area contributed by atoms with Crippen molar-refractivity contribution in [3.8, 4) is 0 Å². The SMILES string of the molecule is CC(C)OCCCNC(=O)c1ccccc1C(=O)c1ccc(N(C)C)c([N+](=O)[O-])c1. The summed E-state index contributed by atoms with van der Waals surface area (Å²) in [7, 11) is 3.38. The molecule has 0 atom stereocenters. The molecule has 0 aromatic heterocycles. The van der Waals surface area contributed by atoms with Gasteiger partial charge in [0.2, 0.25) is 0 Å². The molecule has 30 heavy (non-hydrogen) atoms. The molecule has 0 aliphatic rings. The summed E-state index contributed by atoms with van der Waals surface area (Å²) in [6.45, 7) is 4.82. The van der Waals surface area contributed by atoms with E-state index in [2.05, 4.69) is 5.32 Å². The largest absolute Gasteiger partial charge is 0.379 e. The van der Waals surface area contributed by atoms with Crippen LogP contribution in [0.5, 0.6) is 0 Å². The van der Waals surface area contributed by atoms with Gasteiger partial charge in [-0.3, -0.25) is 19.7 Å². The van der Waals surface area contributed by atoms with Crippen molar-refractivity contribution in [3.05, 3.63) is 69.3 Å². The van der Waals surface area contributed by atoms with Gasteiger partial charge in [-0.05, 0) is 38.5 Å². The van der Waals surface area contributed by atoms with E-state index >= 15 is 0 Å². The van der Waals surface area contributed by atoms with Crippen molar-refractivity contribution in [1.82, 2.24) is 5.32 Å². The average molecular weight is 413 g/mol. The second kappa shape index (κ2) is 10.5. The zero-order valence-corrected chi connectivity index (χ0v) is 17.7. The highest BCUT2D eigenvalue weighted by atomic mass is 16.6. The standard InChI is InChI=1S/C22H27N3O5/c1-15(2)30-13-7-12-23-22(27)18-9-6-5-8-17(18)21(26)16-10-11-19(24(3)4)20(14-16)25(28)29/h5-6,8-11,14-15H,7,12-13H2,1-4H3,(H,23,27). The Morgan fingerprint density at radius 1 is 1.13 bits per heavy atom. The first-order chi connectivity index (χ1) is 14.2. The minimum absolute atomic E-state index is 0.127. The second-order valence-electron chi connectivity index (χ2n) is 7.26. The van der Waals surface area contributed by atoms with Crippen LogP contribution in [0.1, 0.15) is 46.5 Å². The molecular weight excluding hydrogens is 386 g/mol. The van der Waals surface area contributed by atoms with Gasteiger partial charge in [-0.2, -0.15) is 0 Å². The van der Waals surface area contributed by atoms with Crippen LogP contribution in [-0.2, 0) is 4.74 Å². The first-order valence-corrected chi connectivity index (χ1v) is 9.71. The molecule has 8 heteroatoms. The van der Waals surface area contributed by atoms with Crippen LogP contribution in [0.15, 0.2) is 42.5 Å². The molecular formula is C22H27N3O5. The fourth-order valence-corrected chi connectivity index (χ4v) is 2.91. The smallest absolute Gasteiger partial charge is 0.293 e. The summed E-state index contributed by atoms with van der Waals surface area (Å²) >= 11 is 0. The predicted octanol–water partition coefficient (Wildman–Crippen LogP) is 3.44. The van der Waals surface area contributed by atoms with Crippen LogP contribution in [0.3, 0.4) is 0 Å². The predicted molar refractivity (Wildman–Crippen MR) is 115 cm³/mol. The molecule has 2 aromatic carbocycles. The number of nitrogens with zero attached hydrogens (tertiary/aromatic N) is 2. The van der Waals surface area contributed by atoms with Gasteiger partial charge in [0.15, 0.2) is 5.78 Å². The number of ether oxygens (including phenoxy) is 1. The highest BCUT2D eigenvalue weighted by Gasteiger charge is 2.22. The number of amides is 1. The normalized spacial score (nSPS) is 10.7. The summed E-state index contributed by atoms with van der Waals surface area (Å²) in [4.78, 5) is 38.1. The van der Waals surface area contributed by atoms with Gasteiger partial charge < -0.3 is 15.0 Å². The molecule has 0 fully saturated rings. The van der Waals surface area contributed by atoms with Crippen molar-refractivity contribution in [2.45, 2.75) is 26.4 Å². The Labute approximate surface area is 176 Å². The fraction of sp³-hybridized carbons (Fsp3) is 0.364. The highest BCUT2D eigenvalue weighted by Crippen LogP contribution is 2.29. The molecule has 2 rings (SSSR count). The molecule has 1 amide bonds. The van der Waals surface area contributed by atoms with Gasteiger partial charge in [0.05, 0.1) is 16.6 Å². The third-order valence-corrected chi connectivity index (χ3v) is 4.39. The minimum atomic E-state index is -0.524. The Hall–Kier alpha value is -3.26. The van der Waals surface area contributed by atoms with Crippen molar-refractivity contribution in [3.63, 3.8) is 0 Å². The summed E-state index contributed by atoms with van der Waals surface area (Å²) in [5, 5.41) is 14.2. The molecule has 0 saturated carbocycles. The molecule has 0 radical (unpaired) electrons. The van der Waals surface area contributed by atoms with Gasteiger partial charge >= 0.3 is 0 Å². The number of ketones is 1. The monoisotopic (exact) mass is 413 g/mol. The van der Waals surface area contributed by atoms with Crippen LogP contribution >= 0.6 is 0 Å². The van der Waals surface area contributed by atoms with Crippen LogP contribution in [0.2, 0.25) is 0 Å². The number of benzene rings is 2. The van der Waals surface area contributed by atoms with E-state index < -0.39 is 10.7 Å². The number of anilines is 1. The molecule has 0 bridgehead atoms. The first kappa shape index (κ1) is 23.0. The third-order valence-electron chi connectivity index (χ3n) is 4.39. The second-order valence-corrected chi connectivity index (χ2v) is 7.26. The highest BCUT2D eigenvalue weighted by molar-refractivity contribution is 6.15. The number of nitro groups is 1. The van der Waals surface area contributed by atoms with Crippen molar-refractivity contribution >= 4 is 23.1 Å². The fourth-order valence-electron chi connectivity index (χ4n) is 2.91. The van der Waals surface area contributed by atoms with Gasteiger partial charge in [0.25, 0.3) is 11.6 Å². The van der Waals surface area contributed by atoms with Gasteiger partial charge in [0, 0.05) is 44.4 Å². The Bertz CT molecular complexity index is 925. The molecule has 160 valence electrons. The summed E-state index contributed by atoms with van der Waals surface area (Å²) in [5.41, 5.74) is 0.800. The van der Waals surface area contributed by atoms with Crippen molar-refractivity contribution in [2.75, 3.05) is 32.1 Å². The summed E-state index contributed by atoms with van der Waals surface area (Å²) < 4.78 is 5.44. The lowest BCUT2D eigenvalue weighted by Gasteiger charge is -2.14. The van der Waals surface area contributed by atoms with Crippen LogP contribution in [0.4, 0.5) is 11.4 Å². The van der Waals surface area contributed by atoms with Gasteiger partial charge in [-0.25, -0.2) is 0 Å². The number of hydrogen-bond donors (Lipinski definition) is 1. The molecule has 0 aliphatic heterocycles. The van der Waals surface area contributed by atoms with Gasteiger partial charge in [-0.1, -0.05) is 18.2 Å². The maximum atomic E-state index is 13.0. The Morgan fingerprint density at radius 2 is 1.80 bits per heavy atom.